The summed E-state index contributed by atoms with van der Waals surface area (Å²) in [7, 11) is 0. The van der Waals surface area contributed by atoms with Crippen LogP contribution in [0, 0.1) is 0 Å². The summed E-state index contributed by atoms with van der Waals surface area (Å²) in [5.41, 5.74) is 1.86. The number of pyridine rings is 1. The highest BCUT2D eigenvalue weighted by Gasteiger charge is 2.40. The van der Waals surface area contributed by atoms with Crippen LogP contribution in [0.25, 0.3) is 5.57 Å². The number of fused-ring (bicyclic) bond motifs is 2. The van der Waals surface area contributed by atoms with E-state index in [0.717, 1.165) is 12.0 Å². The summed E-state index contributed by atoms with van der Waals surface area (Å²) in [6.07, 6.45) is 6.25. The summed E-state index contributed by atoms with van der Waals surface area (Å²) in [6, 6.07) is 3.94. The summed E-state index contributed by atoms with van der Waals surface area (Å²) < 4.78 is 11.2. The lowest BCUT2D eigenvalue weighted by atomic mass is 9.91. The molecule has 2 bridgehead atoms. The van der Waals surface area contributed by atoms with Crippen molar-refractivity contribution in [3.05, 3.63) is 36.2 Å². The van der Waals surface area contributed by atoms with Gasteiger partial charge in [-0.05, 0) is 44.4 Å². The maximum atomic E-state index is 12.5. The number of carbonyl (C=O) groups is 1. The van der Waals surface area contributed by atoms with Gasteiger partial charge in [-0.25, -0.2) is 4.79 Å². The van der Waals surface area contributed by atoms with Crippen LogP contribution in [-0.2, 0) is 9.47 Å². The van der Waals surface area contributed by atoms with Gasteiger partial charge in [-0.15, -0.1) is 0 Å². The second-order valence-corrected chi connectivity index (χ2v) is 6.78. The molecule has 5 heteroatoms. The molecule has 5 nitrogen and oxygen atoms in total. The predicted octanol–water partition coefficient (Wildman–Crippen LogP) is 2.87. The van der Waals surface area contributed by atoms with Gasteiger partial charge in [-0.1, -0.05) is 12.1 Å². The highest BCUT2D eigenvalue weighted by Crippen LogP contribution is 2.33. The molecule has 0 aliphatic carbocycles. The molecule has 0 spiro atoms. The van der Waals surface area contributed by atoms with Gasteiger partial charge >= 0.3 is 6.09 Å². The molecule has 0 radical (unpaired) electrons. The van der Waals surface area contributed by atoms with Crippen molar-refractivity contribution in [2.45, 2.75) is 44.9 Å². The van der Waals surface area contributed by atoms with E-state index in [4.69, 9.17) is 9.47 Å². The average molecular weight is 302 g/mol. The van der Waals surface area contributed by atoms with E-state index in [2.05, 4.69) is 17.1 Å². The second kappa shape index (κ2) is 5.72. The van der Waals surface area contributed by atoms with E-state index < -0.39 is 5.60 Å². The molecule has 1 fully saturated rings. The van der Waals surface area contributed by atoms with E-state index >= 15 is 0 Å². The van der Waals surface area contributed by atoms with Gasteiger partial charge in [0.25, 0.3) is 0 Å². The SMILES string of the molecule is CC(C)(C)OC(=O)N1C2C=C(c3cccnc3)CC1COC2. The molecule has 1 aromatic rings. The van der Waals surface area contributed by atoms with Crippen molar-refractivity contribution >= 4 is 11.7 Å². The van der Waals surface area contributed by atoms with Crippen molar-refractivity contribution < 1.29 is 14.3 Å². The van der Waals surface area contributed by atoms with Crippen molar-refractivity contribution in [2.24, 2.45) is 0 Å². The lowest BCUT2D eigenvalue weighted by molar-refractivity contribution is -0.0510. The number of rotatable bonds is 1. The number of morpholine rings is 1. The van der Waals surface area contributed by atoms with Crippen molar-refractivity contribution in [1.82, 2.24) is 9.88 Å². The second-order valence-electron chi connectivity index (χ2n) is 6.78. The first-order chi connectivity index (χ1) is 10.4. The molecule has 0 aromatic carbocycles. The van der Waals surface area contributed by atoms with Gasteiger partial charge in [0.1, 0.15) is 5.60 Å². The maximum Gasteiger partial charge on any atom is 0.411 e. The minimum atomic E-state index is -0.487. The molecule has 2 aliphatic heterocycles. The molecule has 118 valence electrons. The van der Waals surface area contributed by atoms with Crippen molar-refractivity contribution in [3.63, 3.8) is 0 Å². The zero-order chi connectivity index (χ0) is 15.7. The van der Waals surface area contributed by atoms with Crippen LogP contribution in [0.4, 0.5) is 4.79 Å². The number of carbonyl (C=O) groups excluding carboxylic acids is 1. The molecule has 3 heterocycles. The van der Waals surface area contributed by atoms with Crippen LogP contribution in [-0.4, -0.2) is 46.9 Å². The molecule has 0 N–H and O–H groups in total. The largest absolute Gasteiger partial charge is 0.444 e. The van der Waals surface area contributed by atoms with Crippen LogP contribution in [0.1, 0.15) is 32.8 Å². The quantitative estimate of drug-likeness (QED) is 0.800. The highest BCUT2D eigenvalue weighted by atomic mass is 16.6. The van der Waals surface area contributed by atoms with E-state index in [0.29, 0.717) is 13.2 Å². The van der Waals surface area contributed by atoms with Crippen LogP contribution in [0.5, 0.6) is 0 Å². The zero-order valence-electron chi connectivity index (χ0n) is 13.3. The van der Waals surface area contributed by atoms with Gasteiger partial charge < -0.3 is 9.47 Å². The first-order valence-corrected chi connectivity index (χ1v) is 7.64. The minimum absolute atomic E-state index is 0.0220. The Morgan fingerprint density at radius 2 is 2.23 bits per heavy atom. The molecule has 1 aromatic heterocycles. The lowest BCUT2D eigenvalue weighted by Gasteiger charge is -2.44. The third kappa shape index (κ3) is 3.14. The summed E-state index contributed by atoms with van der Waals surface area (Å²) in [5, 5.41) is 0. The Morgan fingerprint density at radius 1 is 1.41 bits per heavy atom. The van der Waals surface area contributed by atoms with E-state index in [1.54, 1.807) is 6.20 Å². The number of amides is 1. The normalized spacial score (nSPS) is 24.7. The van der Waals surface area contributed by atoms with Gasteiger partial charge in [-0.3, -0.25) is 9.88 Å². The summed E-state index contributed by atoms with van der Waals surface area (Å²) in [5.74, 6) is 0. The summed E-state index contributed by atoms with van der Waals surface area (Å²) in [4.78, 5) is 18.5. The van der Waals surface area contributed by atoms with Crippen molar-refractivity contribution in [1.29, 1.82) is 0 Å². The Hall–Kier alpha value is -1.88. The van der Waals surface area contributed by atoms with Gasteiger partial charge in [0.05, 0.1) is 25.3 Å². The Bertz CT molecular complexity index is 577. The van der Waals surface area contributed by atoms with Gasteiger partial charge in [0, 0.05) is 12.4 Å². The molecule has 22 heavy (non-hydrogen) atoms. The fourth-order valence-corrected chi connectivity index (χ4v) is 2.96. The molecule has 0 saturated carbocycles. The molecule has 1 amide bonds. The molecular formula is C17H22N2O3. The van der Waals surface area contributed by atoms with Crippen LogP contribution in [0.3, 0.4) is 0 Å². The third-order valence-corrected chi connectivity index (χ3v) is 3.84. The standard InChI is InChI=1S/C17H22N2O3/c1-17(2,3)22-16(20)19-14-7-13(8-15(19)11-21-10-14)12-5-4-6-18-9-12/h4-7,9,14-15H,8,10-11H2,1-3H3. The zero-order valence-corrected chi connectivity index (χ0v) is 13.3. The highest BCUT2D eigenvalue weighted by molar-refractivity contribution is 5.74. The van der Waals surface area contributed by atoms with E-state index in [-0.39, 0.29) is 18.2 Å². The number of hydrogen-bond donors (Lipinski definition) is 0. The molecule has 1 saturated heterocycles. The predicted molar refractivity (Wildman–Crippen MR) is 83.3 cm³/mol. The van der Waals surface area contributed by atoms with Gasteiger partial charge in [-0.2, -0.15) is 0 Å². The monoisotopic (exact) mass is 302 g/mol. The summed E-state index contributed by atoms with van der Waals surface area (Å²) >= 11 is 0. The first-order valence-electron chi connectivity index (χ1n) is 7.64. The van der Waals surface area contributed by atoms with E-state index in [9.17, 15) is 4.79 Å². The number of aromatic nitrogens is 1. The topological polar surface area (TPSA) is 51.7 Å². The molecule has 2 atom stereocenters. The van der Waals surface area contributed by atoms with Crippen molar-refractivity contribution in [2.75, 3.05) is 13.2 Å². The van der Waals surface area contributed by atoms with Crippen LogP contribution in [0.15, 0.2) is 30.6 Å². The average Bonchev–Trinajstić information content (AvgIpc) is 2.45. The van der Waals surface area contributed by atoms with Crippen molar-refractivity contribution in [3.8, 4) is 0 Å². The molecular weight excluding hydrogens is 280 g/mol. The van der Waals surface area contributed by atoms with E-state index in [1.807, 2.05) is 37.9 Å². The smallest absolute Gasteiger partial charge is 0.411 e. The summed E-state index contributed by atoms with van der Waals surface area (Å²) in [6.45, 7) is 6.72. The van der Waals surface area contributed by atoms with E-state index in [1.165, 1.54) is 5.57 Å². The number of nitrogens with zero attached hydrogens (tertiary/aromatic N) is 2. The minimum Gasteiger partial charge on any atom is -0.444 e. The molecule has 2 unspecified atom stereocenters. The maximum absolute atomic E-state index is 12.5. The Labute approximate surface area is 130 Å². The van der Waals surface area contributed by atoms with Crippen LogP contribution in [0.2, 0.25) is 0 Å². The van der Waals surface area contributed by atoms with Crippen LogP contribution >= 0.6 is 0 Å². The van der Waals surface area contributed by atoms with Gasteiger partial charge in [0.15, 0.2) is 0 Å². The lowest BCUT2D eigenvalue weighted by Crippen LogP contribution is -2.57. The fourth-order valence-electron chi connectivity index (χ4n) is 2.96. The molecule has 3 rings (SSSR count). The Morgan fingerprint density at radius 3 is 2.86 bits per heavy atom. The fraction of sp³-hybridized carbons (Fsp3) is 0.529. The van der Waals surface area contributed by atoms with Crippen LogP contribution < -0.4 is 0 Å². The Balaban J connectivity index is 1.84. The first kappa shape index (κ1) is 15.0. The molecule has 2 aliphatic rings. The Kier molecular flexibility index (Phi) is 3.91. The van der Waals surface area contributed by atoms with Gasteiger partial charge in [0.2, 0.25) is 0 Å². The number of ether oxygens (including phenoxy) is 2. The number of hydrogen-bond acceptors (Lipinski definition) is 4. The third-order valence-electron chi connectivity index (χ3n) is 3.84.